The molecule has 1 aliphatic rings. The van der Waals surface area contributed by atoms with Gasteiger partial charge in [-0.1, -0.05) is 37.3 Å². The number of hydrogen-bond acceptors (Lipinski definition) is 4. The fourth-order valence-electron chi connectivity index (χ4n) is 3.65. The first kappa shape index (κ1) is 18.9. The zero-order valence-electron chi connectivity index (χ0n) is 14.4. The average molecular weight is 334 g/mol. The molecule has 0 heterocycles. The van der Waals surface area contributed by atoms with Crippen molar-refractivity contribution in [3.63, 3.8) is 0 Å². The molecule has 2 rings (SSSR count). The maximum absolute atomic E-state index is 11.9. The molecule has 6 N–H and O–H groups in total. The summed E-state index contributed by atoms with van der Waals surface area (Å²) in [5.41, 5.74) is 11.6. The molecule has 0 aromatic heterocycles. The number of rotatable bonds is 7. The van der Waals surface area contributed by atoms with Crippen molar-refractivity contribution in [3.8, 4) is 0 Å². The van der Waals surface area contributed by atoms with Crippen molar-refractivity contribution >= 4 is 5.91 Å². The molecule has 5 nitrogen and oxygen atoms in total. The molecule has 1 aromatic carbocycles. The van der Waals surface area contributed by atoms with E-state index in [1.807, 2.05) is 30.3 Å². The molecule has 1 aromatic rings. The summed E-state index contributed by atoms with van der Waals surface area (Å²) in [6.45, 7) is 2.14. The fraction of sp³-hybridized carbons (Fsp3) is 0.632. The Balaban J connectivity index is 2.00. The van der Waals surface area contributed by atoms with Crippen LogP contribution in [0.15, 0.2) is 30.3 Å². The van der Waals surface area contributed by atoms with Gasteiger partial charge in [-0.2, -0.15) is 0 Å². The lowest BCUT2D eigenvalue weighted by molar-refractivity contribution is -0.138. The second kappa shape index (κ2) is 8.10. The minimum atomic E-state index is -1.12. The smallest absolute Gasteiger partial charge is 0.223 e. The summed E-state index contributed by atoms with van der Waals surface area (Å²) < 4.78 is 0. The Morgan fingerprint density at radius 1 is 1.29 bits per heavy atom. The van der Waals surface area contributed by atoms with Crippen LogP contribution in [0.1, 0.15) is 44.6 Å². The highest BCUT2D eigenvalue weighted by Gasteiger charge is 2.43. The van der Waals surface area contributed by atoms with Gasteiger partial charge in [0.15, 0.2) is 0 Å². The maximum Gasteiger partial charge on any atom is 0.223 e. The van der Waals surface area contributed by atoms with E-state index in [0.29, 0.717) is 25.2 Å². The number of carbonyl (C=O) groups excluding carboxylic acids is 1. The Kier molecular flexibility index (Phi) is 6.38. The van der Waals surface area contributed by atoms with Gasteiger partial charge in [-0.25, -0.2) is 0 Å². The standard InChI is InChI=1S/C19H30N2O3/c1-13-7-9-19(24,10-8-13)15(18(21)23)12-17(22)16(20)11-14-5-3-2-4-6-14/h2-6,13,15-17,22,24H,7-12,20H2,1H3,(H2,21,23). The Hall–Kier alpha value is -1.43. The predicted molar refractivity (Wildman–Crippen MR) is 94.0 cm³/mol. The summed E-state index contributed by atoms with van der Waals surface area (Å²) in [5, 5.41) is 21.3. The topological polar surface area (TPSA) is 110 Å². The van der Waals surface area contributed by atoms with E-state index in [1.54, 1.807) is 0 Å². The number of amides is 1. The summed E-state index contributed by atoms with van der Waals surface area (Å²) in [6.07, 6.45) is 2.56. The number of benzene rings is 1. The number of carbonyl (C=O) groups is 1. The lowest BCUT2D eigenvalue weighted by Crippen LogP contribution is -2.50. The number of hydrogen-bond donors (Lipinski definition) is 4. The van der Waals surface area contributed by atoms with Gasteiger partial charge in [0.25, 0.3) is 0 Å². The minimum absolute atomic E-state index is 0.105. The minimum Gasteiger partial charge on any atom is -0.391 e. The van der Waals surface area contributed by atoms with Gasteiger partial charge >= 0.3 is 0 Å². The highest BCUT2D eigenvalue weighted by molar-refractivity contribution is 5.78. The molecule has 0 spiro atoms. The third kappa shape index (κ3) is 4.79. The van der Waals surface area contributed by atoms with Crippen molar-refractivity contribution in [3.05, 3.63) is 35.9 Å². The number of aliphatic hydroxyl groups is 2. The average Bonchev–Trinajstić information content (AvgIpc) is 2.56. The van der Waals surface area contributed by atoms with E-state index in [2.05, 4.69) is 6.92 Å². The van der Waals surface area contributed by atoms with Crippen LogP contribution < -0.4 is 11.5 Å². The third-order valence-electron chi connectivity index (χ3n) is 5.42. The number of aliphatic hydroxyl groups excluding tert-OH is 1. The number of nitrogens with two attached hydrogens (primary N) is 2. The van der Waals surface area contributed by atoms with Crippen molar-refractivity contribution in [2.45, 2.75) is 63.2 Å². The van der Waals surface area contributed by atoms with E-state index < -0.39 is 29.6 Å². The van der Waals surface area contributed by atoms with Crippen LogP contribution in [0.3, 0.4) is 0 Å². The van der Waals surface area contributed by atoms with E-state index in [0.717, 1.165) is 18.4 Å². The Labute approximate surface area is 144 Å². The fourth-order valence-corrected chi connectivity index (χ4v) is 3.65. The molecule has 0 saturated heterocycles. The van der Waals surface area contributed by atoms with Gasteiger partial charge in [-0.05, 0) is 50.0 Å². The van der Waals surface area contributed by atoms with E-state index in [4.69, 9.17) is 11.5 Å². The van der Waals surface area contributed by atoms with Gasteiger partial charge in [0.05, 0.1) is 17.6 Å². The highest BCUT2D eigenvalue weighted by atomic mass is 16.3. The first-order chi connectivity index (χ1) is 11.3. The molecule has 24 heavy (non-hydrogen) atoms. The molecule has 0 radical (unpaired) electrons. The molecule has 1 amide bonds. The summed E-state index contributed by atoms with van der Waals surface area (Å²) in [4.78, 5) is 11.9. The molecule has 1 saturated carbocycles. The van der Waals surface area contributed by atoms with Crippen LogP contribution in [0.5, 0.6) is 0 Å². The van der Waals surface area contributed by atoms with Gasteiger partial charge in [0, 0.05) is 6.04 Å². The van der Waals surface area contributed by atoms with Crippen LogP contribution >= 0.6 is 0 Å². The Morgan fingerprint density at radius 2 is 1.88 bits per heavy atom. The Bertz CT molecular complexity index is 527. The second-order valence-corrected chi connectivity index (χ2v) is 7.40. The summed E-state index contributed by atoms with van der Waals surface area (Å²) in [5.74, 6) is -0.774. The monoisotopic (exact) mass is 334 g/mol. The molecule has 5 heteroatoms. The van der Waals surface area contributed by atoms with Crippen LogP contribution in [0.2, 0.25) is 0 Å². The molecule has 3 unspecified atom stereocenters. The van der Waals surface area contributed by atoms with E-state index in [-0.39, 0.29) is 6.42 Å². The van der Waals surface area contributed by atoms with Crippen molar-refractivity contribution < 1.29 is 15.0 Å². The van der Waals surface area contributed by atoms with Crippen molar-refractivity contribution in [2.75, 3.05) is 0 Å². The van der Waals surface area contributed by atoms with Gasteiger partial charge in [0.1, 0.15) is 0 Å². The molecule has 0 aliphatic heterocycles. The molecule has 0 bridgehead atoms. The van der Waals surface area contributed by atoms with Crippen molar-refractivity contribution in [1.82, 2.24) is 0 Å². The first-order valence-corrected chi connectivity index (χ1v) is 8.81. The summed E-state index contributed by atoms with van der Waals surface area (Å²) in [7, 11) is 0. The first-order valence-electron chi connectivity index (χ1n) is 8.81. The highest BCUT2D eigenvalue weighted by Crippen LogP contribution is 2.39. The molecule has 1 fully saturated rings. The van der Waals surface area contributed by atoms with Crippen molar-refractivity contribution in [1.29, 1.82) is 0 Å². The molecule has 3 atom stereocenters. The van der Waals surface area contributed by atoms with Gasteiger partial charge in [0.2, 0.25) is 5.91 Å². The zero-order valence-corrected chi connectivity index (χ0v) is 14.4. The quantitative estimate of drug-likeness (QED) is 0.603. The Morgan fingerprint density at radius 3 is 2.42 bits per heavy atom. The van der Waals surface area contributed by atoms with Crippen LogP contribution in [-0.4, -0.2) is 33.9 Å². The molecular weight excluding hydrogens is 304 g/mol. The third-order valence-corrected chi connectivity index (χ3v) is 5.42. The van der Waals surface area contributed by atoms with Crippen LogP contribution in [-0.2, 0) is 11.2 Å². The molecular formula is C19H30N2O3. The maximum atomic E-state index is 11.9. The van der Waals surface area contributed by atoms with Crippen LogP contribution in [0.4, 0.5) is 0 Å². The second-order valence-electron chi connectivity index (χ2n) is 7.40. The molecule has 134 valence electrons. The van der Waals surface area contributed by atoms with E-state index in [9.17, 15) is 15.0 Å². The van der Waals surface area contributed by atoms with Gasteiger partial charge in [-0.15, -0.1) is 0 Å². The lowest BCUT2D eigenvalue weighted by atomic mass is 9.70. The largest absolute Gasteiger partial charge is 0.391 e. The summed E-state index contributed by atoms with van der Waals surface area (Å²) in [6, 6.07) is 9.18. The van der Waals surface area contributed by atoms with E-state index >= 15 is 0 Å². The van der Waals surface area contributed by atoms with Gasteiger partial charge in [-0.3, -0.25) is 4.79 Å². The van der Waals surface area contributed by atoms with Gasteiger partial charge < -0.3 is 21.7 Å². The van der Waals surface area contributed by atoms with E-state index in [1.165, 1.54) is 0 Å². The van der Waals surface area contributed by atoms with Crippen molar-refractivity contribution in [2.24, 2.45) is 23.3 Å². The predicted octanol–water partition coefficient (Wildman–Crippen LogP) is 1.35. The lowest BCUT2D eigenvalue weighted by Gasteiger charge is -2.40. The molecule has 1 aliphatic carbocycles. The normalized spacial score (nSPS) is 28.1. The summed E-state index contributed by atoms with van der Waals surface area (Å²) >= 11 is 0. The zero-order chi connectivity index (χ0) is 17.7. The SMILES string of the molecule is CC1CCC(O)(C(CC(O)C(N)Cc2ccccc2)C(N)=O)CC1. The number of primary amides is 1. The van der Waals surface area contributed by atoms with Crippen LogP contribution in [0.25, 0.3) is 0 Å². The van der Waals surface area contributed by atoms with Crippen LogP contribution in [0, 0.1) is 11.8 Å².